The number of nitrogen functional groups attached to an aromatic ring is 2. The molecule has 3 radical (unpaired) electrons. The largest absolute Gasteiger partial charge is 1.00 e. The monoisotopic (exact) mass is 1860 g/mol. The second-order valence-electron chi connectivity index (χ2n) is 28.4. The van der Waals surface area contributed by atoms with Gasteiger partial charge in [0.1, 0.15) is 7.85 Å². The average Bonchev–Trinajstić information content (AvgIpc) is 1.70. The van der Waals surface area contributed by atoms with E-state index in [4.69, 9.17) is 40.7 Å². The summed E-state index contributed by atoms with van der Waals surface area (Å²) in [5.74, 6) is 72.1. The van der Waals surface area contributed by atoms with Crippen LogP contribution in [-0.4, -0.2) is 186 Å². The van der Waals surface area contributed by atoms with Gasteiger partial charge in [-0.3, -0.25) is 20.2 Å². The van der Waals surface area contributed by atoms with Gasteiger partial charge >= 0.3 is 57.7 Å². The van der Waals surface area contributed by atoms with Crippen LogP contribution >= 0.6 is 15.9 Å². The summed E-state index contributed by atoms with van der Waals surface area (Å²) in [6, 6.07) is 12.6. The topological polar surface area (TPSA) is 258 Å². The van der Waals surface area contributed by atoms with Crippen LogP contribution in [0.2, 0.25) is 13.6 Å². The number of alkyl halides is 12. The second-order valence-corrected chi connectivity index (χ2v) is 29.3. The Labute approximate surface area is 787 Å². The van der Waals surface area contributed by atoms with E-state index in [0.717, 1.165) is 125 Å². The van der Waals surface area contributed by atoms with E-state index >= 15 is 0 Å². The molecule has 9 rings (SSSR count). The summed E-state index contributed by atoms with van der Waals surface area (Å²) in [5, 5.41) is 58.2. The molecule has 0 atom stereocenters. The number of halogens is 13. The molecule has 4 aromatic rings. The van der Waals surface area contributed by atoms with Gasteiger partial charge in [-0.2, -0.15) is 52.7 Å². The number of ether oxygens (including phenoxy) is 1. The van der Waals surface area contributed by atoms with Crippen molar-refractivity contribution < 1.29 is 113 Å². The van der Waals surface area contributed by atoms with Gasteiger partial charge in [-0.05, 0) is 323 Å². The van der Waals surface area contributed by atoms with Crippen molar-refractivity contribution >= 4 is 97.2 Å². The quantitative estimate of drug-likeness (QED) is 0.0164. The summed E-state index contributed by atoms with van der Waals surface area (Å²) in [6.07, 6.45) is -1.49. The number of hydrogen-bond acceptors (Lipinski definition) is 16. The Kier molecular flexibility index (Phi) is 56.4. The molecule has 5 heterocycles. The Hall–Kier alpha value is -11.5. The molecule has 3 saturated heterocycles. The van der Waals surface area contributed by atoms with Gasteiger partial charge in [0.25, 0.3) is 18.8 Å². The Morgan fingerprint density at radius 2 is 0.877 bits per heavy atom. The zero-order chi connectivity index (χ0) is 96.1. The number of nitro benzene ring substituents is 2. The zero-order valence-electron chi connectivity index (χ0n) is 72.9. The summed E-state index contributed by atoms with van der Waals surface area (Å²) < 4.78 is 157. The van der Waals surface area contributed by atoms with Gasteiger partial charge in [0.05, 0.1) is 49.5 Å². The van der Waals surface area contributed by atoms with Gasteiger partial charge in [-0.25, -0.2) is 0 Å². The van der Waals surface area contributed by atoms with E-state index < -0.39 is 93.5 Å². The fraction of sp³-hybridized carbons (Fsp3) is 0.366. The number of terminal acetylenes is 1. The van der Waals surface area contributed by atoms with Crippen LogP contribution in [0.3, 0.4) is 0 Å². The fourth-order valence-corrected chi connectivity index (χ4v) is 11.1. The first-order chi connectivity index (χ1) is 60.1. The molecule has 0 amide bonds. The number of likely N-dealkylation sites (tertiary alicyclic amines) is 1. The molecule has 0 bridgehead atoms. The number of anilines is 2. The molecule has 130 heavy (non-hydrogen) atoms. The molecule has 18 nitrogen and oxygen atoms in total. The van der Waals surface area contributed by atoms with Gasteiger partial charge in [0, 0.05) is 137 Å². The Morgan fingerprint density at radius 1 is 0.523 bits per heavy atom. The third kappa shape index (κ3) is 51.6. The van der Waals surface area contributed by atoms with Crippen LogP contribution in [0.5, 0.6) is 0 Å². The Balaban J connectivity index is 0. The average molecular weight is 1860 g/mol. The predicted molar refractivity (Wildman–Crippen MR) is 490 cm³/mol. The molecule has 0 saturated carbocycles. The van der Waals surface area contributed by atoms with Crippen LogP contribution in [0.4, 0.5) is 75.4 Å². The molecule has 669 valence electrons. The van der Waals surface area contributed by atoms with Crippen molar-refractivity contribution in [3.05, 3.63) is 154 Å². The Morgan fingerprint density at radius 3 is 1.18 bits per heavy atom. The predicted octanol–water partition coefficient (Wildman–Crippen LogP) is 9.36. The minimum Gasteiger partial charge on any atom is -1.00 e. The molecular weight excluding hydrogens is 1770 g/mol. The maximum Gasteiger partial charge on any atom is 1.00 e. The molecule has 3 fully saturated rings. The fourth-order valence-electron chi connectivity index (χ4n) is 10.6. The SMILES string of the molecule is C#CC#CC#CC#CC#CC#CC#CC#CC#CC#CC#CC#CC#CC#CC#CC.C1CCOC1.CB(O)N1CC=C(c2cc([N+](=O)[O-])cc(C(F)(F)F)c2)CC1.CB(O)N1CCC(c2cc(N)cc(C(F)(F)F)c2)CC1.CC(C)(O)C(C)(C)O.CN1CCC(c2cc(N)cc(C(F)(F)F)c2)CC1.O=[N+]([O-])c1cc(Br)cc(C(F)(F)F)c1.[AlH3].[B]C1=CCN([B]C=O)CC1.[H-].[Li+]. The van der Waals surface area contributed by atoms with Gasteiger partial charge in [-0.15, -0.1) is 11.9 Å². The number of non-ortho nitro benzene ring substituents is 2. The van der Waals surface area contributed by atoms with Crippen molar-refractivity contribution in [2.24, 2.45) is 0 Å². The van der Waals surface area contributed by atoms with Crippen LogP contribution in [0.1, 0.15) is 138 Å². The van der Waals surface area contributed by atoms with Crippen molar-refractivity contribution in [3.63, 3.8) is 0 Å². The van der Waals surface area contributed by atoms with E-state index in [-0.39, 0.29) is 70.9 Å². The van der Waals surface area contributed by atoms with E-state index in [9.17, 15) is 87.8 Å². The molecule has 4 aromatic carbocycles. The number of aliphatic hydroxyl groups is 2. The first-order valence-electron chi connectivity index (χ1n) is 38.5. The standard InChI is InChI=1S/C31H4.C13H14BF3N2O3.C13H18BF3N2O.C13H17F3N2.C7H3BrF3NO2.C6H8B2NO.C6H14O2.C4H8O.Al.Li.4H/c1-3-5-7-9-11-13-15-17-19-21-23-25-27-29-31-30-28-26-24-22-20-18-16-14-12-10-8-6-4-2;1-14(20)18-4-2-9(3-5-18)10-6-11(13(15,16)17)8-12(7-10)19(21)22;1-14(20)19-4-2-9(3-5-19)10-6-11(13(15,16)17)8-12(18)7-10;1-18-4-2-9(3-5-18)10-6-11(13(14,15)16)8-12(17)7-10;8-5-1-4(7(9,10)11)2-6(3-5)12(13)14;7-6-1-3-9(4-2-6)8-5-10;1-5(2,7)6(3,4)8;1-2-4-5-3-1;;;;;;/h1H,2H3;2,6-8,20H,3-5H2,1H3;6-9,20H,2-5,18H2,1H3;6-9H,2-5,17H2,1H3;1-3H;1,5H,2-4H2;7-8H,1-4H3;1-4H2;;;;;;/q;;;;;;;;;+1;;;;-1. The molecule has 0 unspecified atom stereocenters. The van der Waals surface area contributed by atoms with Crippen molar-refractivity contribution in [2.45, 2.75) is 147 Å². The number of carbonyl (C=O) groups is 1. The summed E-state index contributed by atoms with van der Waals surface area (Å²) in [5.41, 5.74) is 8.02. The normalized spacial score (nSPS) is 13.7. The number of nitrogens with zero attached hydrogens (tertiary/aromatic N) is 6. The smallest absolute Gasteiger partial charge is 1.00 e. The summed E-state index contributed by atoms with van der Waals surface area (Å²) in [7, 11) is 7.94. The van der Waals surface area contributed by atoms with Gasteiger partial charge in [0.15, 0.2) is 17.4 Å². The van der Waals surface area contributed by atoms with Gasteiger partial charge in [0.2, 0.25) is 0 Å². The van der Waals surface area contributed by atoms with Crippen molar-refractivity contribution in [2.75, 3.05) is 84.1 Å². The molecule has 0 aliphatic carbocycles. The van der Waals surface area contributed by atoms with Crippen molar-refractivity contribution in [1.82, 2.24) is 19.3 Å². The first kappa shape index (κ1) is 118. The van der Waals surface area contributed by atoms with E-state index in [0.29, 0.717) is 55.9 Å². The van der Waals surface area contributed by atoms with E-state index in [1.165, 1.54) is 25.0 Å². The van der Waals surface area contributed by atoms with E-state index in [1.54, 1.807) is 78.7 Å². The minimum atomic E-state index is -4.64. The molecule has 0 aromatic heterocycles. The van der Waals surface area contributed by atoms with Crippen LogP contribution in [0.15, 0.2) is 94.9 Å². The minimum absolute atomic E-state index is 0. The van der Waals surface area contributed by atoms with Crippen LogP contribution in [-0.2, 0) is 34.2 Å². The summed E-state index contributed by atoms with van der Waals surface area (Å²) >= 11 is 2.77. The molecule has 5 aliphatic rings. The maximum absolute atomic E-state index is 12.9. The van der Waals surface area contributed by atoms with Crippen LogP contribution in [0.25, 0.3) is 5.57 Å². The summed E-state index contributed by atoms with van der Waals surface area (Å²) in [4.78, 5) is 37.2. The number of piperidine rings is 2. The van der Waals surface area contributed by atoms with Crippen LogP contribution < -0.4 is 30.3 Å². The number of nitrogens with two attached hydrogens (primary N) is 2. The third-order valence-corrected chi connectivity index (χ3v) is 18.5. The third-order valence-electron chi connectivity index (χ3n) is 18.0. The number of hydrogen-bond donors (Lipinski definition) is 6. The van der Waals surface area contributed by atoms with Gasteiger partial charge in [-0.1, -0.05) is 34.0 Å². The van der Waals surface area contributed by atoms with E-state index in [2.05, 4.69) is 193 Å². The zero-order valence-corrected chi connectivity index (χ0v) is 73.5. The molecule has 5 aliphatic heterocycles. The maximum atomic E-state index is 12.9. The molecule has 0 spiro atoms. The van der Waals surface area contributed by atoms with Crippen molar-refractivity contribution in [3.8, 4) is 178 Å². The number of benzene rings is 4. The molecular formula is C93H90AlB4BrF12LiN8O10. The summed E-state index contributed by atoms with van der Waals surface area (Å²) in [6.45, 7) is 19.0. The van der Waals surface area contributed by atoms with E-state index in [1.807, 2.05) is 22.7 Å². The number of carbonyl (C=O) groups excluding carboxylic acids is 1. The first-order valence-corrected chi connectivity index (χ1v) is 39.3. The van der Waals surface area contributed by atoms with Crippen molar-refractivity contribution in [1.29, 1.82) is 0 Å². The Bertz CT molecular complexity index is 5560. The number of nitro groups is 2. The van der Waals surface area contributed by atoms with Crippen LogP contribution in [0, 0.1) is 198 Å². The number of rotatable bonds is 10. The molecule has 37 heteroatoms. The second kappa shape index (κ2) is 61.9. The molecule has 8 N–H and O–H groups in total. The van der Waals surface area contributed by atoms with Gasteiger partial charge < -0.3 is 62.0 Å².